The predicted octanol–water partition coefficient (Wildman–Crippen LogP) is 5.41. The average Bonchev–Trinajstić information content (AvgIpc) is 3.29. The second-order valence-electron chi connectivity index (χ2n) is 8.21. The summed E-state index contributed by atoms with van der Waals surface area (Å²) < 4.78 is 5.20. The van der Waals surface area contributed by atoms with E-state index in [4.69, 9.17) is 27.9 Å². The minimum Gasteiger partial charge on any atom is -0.497 e. The van der Waals surface area contributed by atoms with E-state index in [1.165, 1.54) is 0 Å². The molecule has 2 amide bonds. The molecule has 2 aromatic carbocycles. The molecule has 0 saturated heterocycles. The van der Waals surface area contributed by atoms with Crippen molar-refractivity contribution in [2.45, 2.75) is 64.1 Å². The van der Waals surface area contributed by atoms with E-state index in [1.807, 2.05) is 37.3 Å². The van der Waals surface area contributed by atoms with Crippen LogP contribution >= 0.6 is 23.2 Å². The van der Waals surface area contributed by atoms with E-state index < -0.39 is 6.04 Å². The maximum atomic E-state index is 13.4. The number of benzene rings is 2. The molecular weight excluding hydrogens is 447 g/mol. The molecule has 0 heterocycles. The Morgan fingerprint density at radius 2 is 1.72 bits per heavy atom. The summed E-state index contributed by atoms with van der Waals surface area (Å²) in [5.74, 6) is 0.522. The molecule has 3 rings (SSSR count). The van der Waals surface area contributed by atoms with Crippen LogP contribution in [0, 0.1) is 0 Å². The number of ether oxygens (including phenoxy) is 1. The van der Waals surface area contributed by atoms with Crippen molar-refractivity contribution in [3.63, 3.8) is 0 Å². The molecule has 32 heavy (non-hydrogen) atoms. The van der Waals surface area contributed by atoms with Gasteiger partial charge in [-0.3, -0.25) is 9.59 Å². The van der Waals surface area contributed by atoms with Crippen LogP contribution in [0.3, 0.4) is 0 Å². The van der Waals surface area contributed by atoms with Crippen molar-refractivity contribution in [1.82, 2.24) is 10.2 Å². The molecule has 0 spiro atoms. The van der Waals surface area contributed by atoms with Crippen LogP contribution in [0.4, 0.5) is 0 Å². The zero-order valence-electron chi connectivity index (χ0n) is 18.6. The zero-order valence-corrected chi connectivity index (χ0v) is 20.1. The molecule has 1 N–H and O–H groups in total. The summed E-state index contributed by atoms with van der Waals surface area (Å²) in [6.07, 6.45) is 4.96. The molecule has 1 atom stereocenters. The van der Waals surface area contributed by atoms with Gasteiger partial charge in [-0.05, 0) is 54.7 Å². The number of rotatable bonds is 9. The summed E-state index contributed by atoms with van der Waals surface area (Å²) >= 11 is 12.3. The van der Waals surface area contributed by atoms with Crippen molar-refractivity contribution in [2.75, 3.05) is 7.11 Å². The second kappa shape index (κ2) is 11.6. The number of halogens is 2. The largest absolute Gasteiger partial charge is 0.497 e. The van der Waals surface area contributed by atoms with Gasteiger partial charge < -0.3 is 15.0 Å². The Balaban J connectivity index is 1.82. The molecule has 5 nitrogen and oxygen atoms in total. The van der Waals surface area contributed by atoms with Gasteiger partial charge >= 0.3 is 0 Å². The lowest BCUT2D eigenvalue weighted by atomic mass is 10.1. The SMILES string of the molecule is CC[C@@H](C(=O)NC1CCCC1)N(Cc1ccc(Cl)c(Cl)c1)C(=O)Cc1ccc(OC)cc1. The molecule has 0 aliphatic heterocycles. The molecule has 0 aromatic heterocycles. The van der Waals surface area contributed by atoms with E-state index in [1.54, 1.807) is 24.1 Å². The summed E-state index contributed by atoms with van der Waals surface area (Å²) in [5.41, 5.74) is 1.69. The van der Waals surface area contributed by atoms with Crippen LogP contribution in [0.25, 0.3) is 0 Å². The van der Waals surface area contributed by atoms with Crippen molar-refractivity contribution >= 4 is 35.0 Å². The lowest BCUT2D eigenvalue weighted by Gasteiger charge is -2.31. The van der Waals surface area contributed by atoms with E-state index in [0.717, 1.165) is 42.6 Å². The fourth-order valence-electron chi connectivity index (χ4n) is 4.14. The topological polar surface area (TPSA) is 58.6 Å². The maximum absolute atomic E-state index is 13.4. The second-order valence-corrected chi connectivity index (χ2v) is 9.02. The summed E-state index contributed by atoms with van der Waals surface area (Å²) in [6.45, 7) is 2.21. The quantitative estimate of drug-likeness (QED) is 0.526. The van der Waals surface area contributed by atoms with Crippen LogP contribution in [0.15, 0.2) is 42.5 Å². The summed E-state index contributed by atoms with van der Waals surface area (Å²) in [6, 6.07) is 12.3. The van der Waals surface area contributed by atoms with Crippen LogP contribution in [0.5, 0.6) is 5.75 Å². The molecule has 1 aliphatic carbocycles. The first-order valence-corrected chi connectivity index (χ1v) is 11.8. The monoisotopic (exact) mass is 476 g/mol. The number of amides is 2. The Hall–Kier alpha value is -2.24. The van der Waals surface area contributed by atoms with Crippen LogP contribution in [-0.2, 0) is 22.6 Å². The fraction of sp³-hybridized carbons (Fsp3) is 0.440. The molecule has 2 aromatic rings. The predicted molar refractivity (Wildman–Crippen MR) is 128 cm³/mol. The van der Waals surface area contributed by atoms with Crippen molar-refractivity contribution in [3.05, 3.63) is 63.6 Å². The highest BCUT2D eigenvalue weighted by Gasteiger charge is 2.30. The number of carbonyl (C=O) groups is 2. The van der Waals surface area contributed by atoms with E-state index in [2.05, 4.69) is 5.32 Å². The number of hydrogen-bond acceptors (Lipinski definition) is 3. The van der Waals surface area contributed by atoms with Gasteiger partial charge in [-0.1, -0.05) is 61.2 Å². The van der Waals surface area contributed by atoms with E-state index >= 15 is 0 Å². The highest BCUT2D eigenvalue weighted by Crippen LogP contribution is 2.25. The third-order valence-corrected chi connectivity index (χ3v) is 6.68. The summed E-state index contributed by atoms with van der Waals surface area (Å²) in [7, 11) is 1.61. The number of hydrogen-bond donors (Lipinski definition) is 1. The third-order valence-electron chi connectivity index (χ3n) is 5.94. The first-order valence-electron chi connectivity index (χ1n) is 11.1. The van der Waals surface area contributed by atoms with Gasteiger partial charge in [0.25, 0.3) is 0 Å². The van der Waals surface area contributed by atoms with Crippen LogP contribution in [0.1, 0.15) is 50.2 Å². The minimum absolute atomic E-state index is 0.0949. The van der Waals surface area contributed by atoms with E-state index in [-0.39, 0.29) is 30.8 Å². The standard InChI is InChI=1S/C25H30Cl2N2O3/c1-3-23(25(31)28-19-6-4-5-7-19)29(16-18-10-13-21(26)22(27)14-18)24(30)15-17-8-11-20(32-2)12-9-17/h8-14,19,23H,3-7,15-16H2,1-2H3,(H,28,31)/t23-/m0/s1. The fourth-order valence-corrected chi connectivity index (χ4v) is 4.46. The Bertz CT molecular complexity index is 927. The lowest BCUT2D eigenvalue weighted by Crippen LogP contribution is -2.51. The van der Waals surface area contributed by atoms with Gasteiger partial charge in [0.15, 0.2) is 0 Å². The molecule has 172 valence electrons. The molecule has 1 saturated carbocycles. The number of carbonyl (C=O) groups excluding carboxylic acids is 2. The molecule has 1 fully saturated rings. The van der Waals surface area contributed by atoms with Gasteiger partial charge in [-0.25, -0.2) is 0 Å². The zero-order chi connectivity index (χ0) is 23.1. The first-order chi connectivity index (χ1) is 15.4. The summed E-state index contributed by atoms with van der Waals surface area (Å²) in [4.78, 5) is 28.2. The average molecular weight is 477 g/mol. The van der Waals surface area contributed by atoms with Crippen molar-refractivity contribution in [3.8, 4) is 5.75 Å². The maximum Gasteiger partial charge on any atom is 0.243 e. The van der Waals surface area contributed by atoms with Gasteiger partial charge in [0.2, 0.25) is 11.8 Å². The van der Waals surface area contributed by atoms with Gasteiger partial charge in [0, 0.05) is 12.6 Å². The van der Waals surface area contributed by atoms with Crippen molar-refractivity contribution < 1.29 is 14.3 Å². The Morgan fingerprint density at radius 3 is 2.31 bits per heavy atom. The van der Waals surface area contributed by atoms with Gasteiger partial charge in [0.1, 0.15) is 11.8 Å². The molecular formula is C25H30Cl2N2O3. The third kappa shape index (κ3) is 6.39. The molecule has 0 unspecified atom stereocenters. The number of methoxy groups -OCH3 is 1. The van der Waals surface area contributed by atoms with Gasteiger partial charge in [-0.2, -0.15) is 0 Å². The molecule has 1 aliphatic rings. The summed E-state index contributed by atoms with van der Waals surface area (Å²) in [5, 5.41) is 4.04. The number of nitrogens with one attached hydrogen (secondary N) is 1. The Kier molecular flexibility index (Phi) is 8.83. The van der Waals surface area contributed by atoms with E-state index in [9.17, 15) is 9.59 Å². The Morgan fingerprint density at radius 1 is 1.06 bits per heavy atom. The van der Waals surface area contributed by atoms with Gasteiger partial charge in [0.05, 0.1) is 23.6 Å². The minimum atomic E-state index is -0.559. The smallest absolute Gasteiger partial charge is 0.243 e. The Labute approximate surface area is 200 Å². The van der Waals surface area contributed by atoms with E-state index in [0.29, 0.717) is 16.5 Å². The lowest BCUT2D eigenvalue weighted by molar-refractivity contribution is -0.141. The highest BCUT2D eigenvalue weighted by molar-refractivity contribution is 6.42. The van der Waals surface area contributed by atoms with Crippen LogP contribution < -0.4 is 10.1 Å². The highest BCUT2D eigenvalue weighted by atomic mass is 35.5. The van der Waals surface area contributed by atoms with Crippen LogP contribution in [-0.4, -0.2) is 35.9 Å². The number of nitrogens with zero attached hydrogens (tertiary/aromatic N) is 1. The molecule has 0 bridgehead atoms. The van der Waals surface area contributed by atoms with Crippen LogP contribution in [0.2, 0.25) is 10.0 Å². The van der Waals surface area contributed by atoms with Crippen molar-refractivity contribution in [1.29, 1.82) is 0 Å². The van der Waals surface area contributed by atoms with Crippen molar-refractivity contribution in [2.24, 2.45) is 0 Å². The normalized spacial score (nSPS) is 14.8. The molecule has 0 radical (unpaired) electrons. The van der Waals surface area contributed by atoms with Gasteiger partial charge in [-0.15, -0.1) is 0 Å². The first kappa shape index (κ1) is 24.4. The molecule has 7 heteroatoms.